The van der Waals surface area contributed by atoms with Crippen molar-refractivity contribution < 1.29 is 14.7 Å². The third-order valence-electron chi connectivity index (χ3n) is 8.49. The Labute approximate surface area is 225 Å². The van der Waals surface area contributed by atoms with E-state index in [2.05, 4.69) is 39.5 Å². The van der Waals surface area contributed by atoms with E-state index in [0.29, 0.717) is 40.0 Å². The number of aromatic nitrogens is 5. The summed E-state index contributed by atoms with van der Waals surface area (Å²) in [7, 11) is 0. The summed E-state index contributed by atoms with van der Waals surface area (Å²) in [5.41, 5.74) is 2.49. The van der Waals surface area contributed by atoms with Crippen LogP contribution in [0.1, 0.15) is 88.5 Å². The maximum atomic E-state index is 11.8. The van der Waals surface area contributed by atoms with E-state index in [-0.39, 0.29) is 6.04 Å². The van der Waals surface area contributed by atoms with E-state index in [4.69, 9.17) is 19.8 Å². The van der Waals surface area contributed by atoms with Crippen LogP contribution < -0.4 is 16.1 Å². The highest BCUT2D eigenvalue weighted by molar-refractivity contribution is 7.09. The first-order chi connectivity index (χ1) is 18.3. The monoisotopic (exact) mass is 540 g/mol. The molecule has 3 atom stereocenters. The molecule has 0 aromatic carbocycles. The van der Waals surface area contributed by atoms with Crippen LogP contribution in [0.4, 0.5) is 10.6 Å². The average molecular weight is 541 g/mol. The second-order valence-electron chi connectivity index (χ2n) is 11.4. The summed E-state index contributed by atoms with van der Waals surface area (Å²) in [6, 6.07) is 0.207. The largest absolute Gasteiger partial charge is 0.427 e. The fourth-order valence-electron chi connectivity index (χ4n) is 5.84. The number of hydrogen-bond acceptors (Lipinski definition) is 10. The van der Waals surface area contributed by atoms with E-state index in [9.17, 15) is 9.90 Å². The molecule has 2 unspecified atom stereocenters. The van der Waals surface area contributed by atoms with Crippen LogP contribution in [-0.2, 0) is 17.0 Å². The Balaban J connectivity index is 1.49. The molecule has 38 heavy (non-hydrogen) atoms. The minimum Gasteiger partial charge on any atom is -0.375 e. The van der Waals surface area contributed by atoms with Crippen LogP contribution in [0.2, 0.25) is 0 Å². The first kappa shape index (κ1) is 25.4. The van der Waals surface area contributed by atoms with Gasteiger partial charge < -0.3 is 19.8 Å². The van der Waals surface area contributed by atoms with Gasteiger partial charge in [0.1, 0.15) is 10.5 Å². The van der Waals surface area contributed by atoms with Crippen molar-refractivity contribution in [3.63, 3.8) is 0 Å². The lowest BCUT2D eigenvalue weighted by Gasteiger charge is -2.33. The van der Waals surface area contributed by atoms with Gasteiger partial charge in [-0.25, -0.2) is 24.7 Å². The molecule has 0 spiro atoms. The molecule has 3 aromatic heterocycles. The Morgan fingerprint density at radius 3 is 2.66 bits per heavy atom. The van der Waals surface area contributed by atoms with Gasteiger partial charge in [-0.15, -0.1) is 16.8 Å². The molecule has 1 saturated heterocycles. The number of anilines is 1. The minimum atomic E-state index is -1.41. The van der Waals surface area contributed by atoms with Crippen molar-refractivity contribution in [2.75, 3.05) is 5.32 Å². The number of aliphatic hydroxyl groups is 1. The standard InChI is InChI=1S/C26H36N8O3S/c1-14-7-9-16(10-8-14)13-34-18-19(28-15(2)17-5-4-6-17)29-21(22-32-25(35)37-33-22)30-20(18)31-23(34)26(3,36)24-27-11-12-38-24/h11-12,14-17,22,33,36H,4-10,13H2,1-3H3,(H,32,35)(H,28,29,30)/t14?,15-,16?,22?,26?/m1/s1. The Hall–Kier alpha value is -2.83. The minimum absolute atomic E-state index is 0.207. The third-order valence-corrected chi connectivity index (χ3v) is 9.48. The van der Waals surface area contributed by atoms with Crippen molar-refractivity contribution in [3.8, 4) is 0 Å². The van der Waals surface area contributed by atoms with Crippen molar-refractivity contribution >= 4 is 34.4 Å². The summed E-state index contributed by atoms with van der Waals surface area (Å²) in [5.74, 6) is 3.30. The van der Waals surface area contributed by atoms with Crippen molar-refractivity contribution in [1.29, 1.82) is 0 Å². The molecule has 2 saturated carbocycles. The number of hydroxylamine groups is 1. The summed E-state index contributed by atoms with van der Waals surface area (Å²) in [6.45, 7) is 6.97. The molecule has 3 aliphatic rings. The lowest BCUT2D eigenvalue weighted by atomic mass is 9.80. The van der Waals surface area contributed by atoms with E-state index in [1.54, 1.807) is 13.1 Å². The highest BCUT2D eigenvalue weighted by Gasteiger charge is 2.38. The summed E-state index contributed by atoms with van der Waals surface area (Å²) >= 11 is 1.40. The lowest BCUT2D eigenvalue weighted by Crippen LogP contribution is -2.32. The maximum absolute atomic E-state index is 11.8. The van der Waals surface area contributed by atoms with E-state index < -0.39 is 17.9 Å². The first-order valence-electron chi connectivity index (χ1n) is 13.7. The smallest absolute Gasteiger partial charge is 0.375 e. The zero-order chi connectivity index (χ0) is 26.4. The van der Waals surface area contributed by atoms with Crippen LogP contribution in [-0.4, -0.2) is 41.7 Å². The molecule has 0 bridgehead atoms. The van der Waals surface area contributed by atoms with Crippen LogP contribution in [0.5, 0.6) is 0 Å². The highest BCUT2D eigenvalue weighted by atomic mass is 32.1. The van der Waals surface area contributed by atoms with Crippen LogP contribution in [0.25, 0.3) is 11.2 Å². The molecular weight excluding hydrogens is 504 g/mol. The Bertz CT molecular complexity index is 1300. The average Bonchev–Trinajstić information content (AvgIpc) is 3.60. The van der Waals surface area contributed by atoms with Crippen LogP contribution >= 0.6 is 11.3 Å². The fraction of sp³-hybridized carbons (Fsp3) is 0.654. The molecule has 1 aliphatic heterocycles. The number of amides is 1. The number of carbonyl (C=O) groups is 1. The van der Waals surface area contributed by atoms with Crippen LogP contribution in [0.15, 0.2) is 11.6 Å². The van der Waals surface area contributed by atoms with Crippen molar-refractivity contribution in [2.45, 2.75) is 90.1 Å². The predicted molar refractivity (Wildman–Crippen MR) is 143 cm³/mol. The second-order valence-corrected chi connectivity index (χ2v) is 12.3. The number of thiazole rings is 1. The number of fused-ring (bicyclic) bond motifs is 1. The number of carbonyl (C=O) groups excluding carboxylic acids is 1. The maximum Gasteiger partial charge on any atom is 0.427 e. The fourth-order valence-corrected chi connectivity index (χ4v) is 6.53. The van der Waals surface area contributed by atoms with Gasteiger partial charge in [-0.3, -0.25) is 5.32 Å². The molecule has 204 valence electrons. The van der Waals surface area contributed by atoms with Crippen LogP contribution in [0, 0.1) is 17.8 Å². The van der Waals surface area contributed by atoms with Crippen molar-refractivity contribution in [2.24, 2.45) is 17.8 Å². The molecule has 4 N–H and O–H groups in total. The number of nitrogens with one attached hydrogen (secondary N) is 3. The van der Waals surface area contributed by atoms with Gasteiger partial charge in [0.25, 0.3) is 0 Å². The zero-order valence-electron chi connectivity index (χ0n) is 22.1. The van der Waals surface area contributed by atoms with Gasteiger partial charge in [-0.1, -0.05) is 26.2 Å². The van der Waals surface area contributed by atoms with Crippen LogP contribution in [0.3, 0.4) is 0 Å². The summed E-state index contributed by atoms with van der Waals surface area (Å²) in [5, 5.41) is 20.6. The van der Waals surface area contributed by atoms with E-state index in [0.717, 1.165) is 30.8 Å². The van der Waals surface area contributed by atoms with Crippen molar-refractivity contribution in [3.05, 3.63) is 28.2 Å². The molecule has 11 nitrogen and oxygen atoms in total. The Morgan fingerprint density at radius 1 is 1.24 bits per heavy atom. The highest BCUT2D eigenvalue weighted by Crippen LogP contribution is 2.38. The van der Waals surface area contributed by atoms with Gasteiger partial charge in [0.05, 0.1) is 0 Å². The van der Waals surface area contributed by atoms with Gasteiger partial charge in [0, 0.05) is 24.2 Å². The number of rotatable bonds is 8. The van der Waals surface area contributed by atoms with Gasteiger partial charge >= 0.3 is 6.09 Å². The quantitative estimate of drug-likeness (QED) is 0.331. The molecule has 3 aromatic rings. The third kappa shape index (κ3) is 4.73. The molecular formula is C26H36N8O3S. The second kappa shape index (κ2) is 10.0. The zero-order valence-corrected chi connectivity index (χ0v) is 22.9. The van der Waals surface area contributed by atoms with E-state index >= 15 is 0 Å². The molecule has 6 rings (SSSR count). The number of nitrogens with zero attached hydrogens (tertiary/aromatic N) is 5. The normalized spacial score (nSPS) is 26.4. The molecule has 0 radical (unpaired) electrons. The van der Waals surface area contributed by atoms with Gasteiger partial charge in [0.2, 0.25) is 0 Å². The lowest BCUT2D eigenvalue weighted by molar-refractivity contribution is 0.0863. The summed E-state index contributed by atoms with van der Waals surface area (Å²) in [6.07, 6.45) is 8.71. The van der Waals surface area contributed by atoms with Gasteiger partial charge in [-0.05, 0) is 57.3 Å². The Kier molecular flexibility index (Phi) is 6.73. The summed E-state index contributed by atoms with van der Waals surface area (Å²) in [4.78, 5) is 35.6. The first-order valence-corrected chi connectivity index (χ1v) is 14.6. The molecule has 2 aliphatic carbocycles. The Morgan fingerprint density at radius 2 is 2.03 bits per heavy atom. The molecule has 12 heteroatoms. The van der Waals surface area contributed by atoms with Gasteiger partial charge in [0.15, 0.2) is 34.9 Å². The predicted octanol–water partition coefficient (Wildman–Crippen LogP) is 4.21. The SMILES string of the molecule is CC1CCC(Cn2c(C(C)(O)c3nccs3)nc3nc(C4NOC(=O)N4)nc(N[C@H](C)C4CCC4)c32)CC1. The molecule has 1 amide bonds. The molecule has 4 heterocycles. The summed E-state index contributed by atoms with van der Waals surface area (Å²) < 4.78 is 2.12. The van der Waals surface area contributed by atoms with Crippen molar-refractivity contribution in [1.82, 2.24) is 35.3 Å². The van der Waals surface area contributed by atoms with E-state index in [1.807, 2.05) is 5.38 Å². The number of hydrogen-bond donors (Lipinski definition) is 4. The molecule has 3 fully saturated rings. The van der Waals surface area contributed by atoms with E-state index in [1.165, 1.54) is 43.4 Å². The topological polar surface area (TPSA) is 139 Å². The van der Waals surface area contributed by atoms with Gasteiger partial charge in [-0.2, -0.15) is 0 Å². The number of imidazole rings is 1.